The van der Waals surface area contributed by atoms with E-state index in [1.54, 1.807) is 41.8 Å². The number of furan rings is 1. The standard InChI is InChI=1S/C19H18N4O4/c1-12-21-10-16(23(12)14-7-8-27-11-14)19(26)22-15(17(24)18(20)25)9-13-5-3-2-4-6-13/h2-8,10-11,15H,9H2,1H3,(H2,20,25)(H,22,26). The lowest BCUT2D eigenvalue weighted by molar-refractivity contribution is -0.137. The van der Waals surface area contributed by atoms with Crippen LogP contribution in [0.4, 0.5) is 0 Å². The van der Waals surface area contributed by atoms with Crippen molar-refractivity contribution in [3.63, 3.8) is 0 Å². The third kappa shape index (κ3) is 3.95. The number of nitrogens with zero attached hydrogens (tertiary/aromatic N) is 2. The van der Waals surface area contributed by atoms with Crippen LogP contribution in [0.3, 0.4) is 0 Å². The van der Waals surface area contributed by atoms with Crippen molar-refractivity contribution in [3.8, 4) is 5.69 Å². The highest BCUT2D eigenvalue weighted by Crippen LogP contribution is 2.15. The van der Waals surface area contributed by atoms with Crippen LogP contribution in [-0.4, -0.2) is 33.2 Å². The Morgan fingerprint density at radius 3 is 2.59 bits per heavy atom. The molecule has 0 aliphatic heterocycles. The number of carbonyl (C=O) groups excluding carboxylic acids is 3. The third-order valence-corrected chi connectivity index (χ3v) is 4.08. The molecule has 138 valence electrons. The fourth-order valence-corrected chi connectivity index (χ4v) is 2.78. The van der Waals surface area contributed by atoms with Crippen molar-refractivity contribution < 1.29 is 18.8 Å². The van der Waals surface area contributed by atoms with Crippen molar-refractivity contribution in [2.45, 2.75) is 19.4 Å². The lowest BCUT2D eigenvalue weighted by Gasteiger charge is -2.17. The minimum Gasteiger partial charge on any atom is -0.470 e. The minimum atomic E-state index is -1.10. The van der Waals surface area contributed by atoms with E-state index in [9.17, 15) is 14.4 Å². The van der Waals surface area contributed by atoms with Crippen molar-refractivity contribution in [1.29, 1.82) is 0 Å². The molecule has 2 heterocycles. The fourth-order valence-electron chi connectivity index (χ4n) is 2.78. The summed E-state index contributed by atoms with van der Waals surface area (Å²) in [5.41, 5.74) is 6.77. The Labute approximate surface area is 155 Å². The molecule has 2 amide bonds. The summed E-state index contributed by atoms with van der Waals surface area (Å²) in [6.45, 7) is 1.74. The number of nitrogens with two attached hydrogens (primary N) is 1. The van der Waals surface area contributed by atoms with Gasteiger partial charge in [-0.1, -0.05) is 30.3 Å². The highest BCUT2D eigenvalue weighted by molar-refractivity contribution is 6.38. The van der Waals surface area contributed by atoms with Gasteiger partial charge in [0.05, 0.1) is 18.1 Å². The van der Waals surface area contributed by atoms with E-state index in [4.69, 9.17) is 10.2 Å². The van der Waals surface area contributed by atoms with Crippen LogP contribution >= 0.6 is 0 Å². The molecule has 0 saturated heterocycles. The summed E-state index contributed by atoms with van der Waals surface area (Å²) in [6.07, 6.45) is 4.49. The molecule has 0 saturated carbocycles. The Kier molecular flexibility index (Phi) is 5.16. The van der Waals surface area contributed by atoms with E-state index < -0.39 is 23.6 Å². The number of aromatic nitrogens is 2. The summed E-state index contributed by atoms with van der Waals surface area (Å²) >= 11 is 0. The normalized spacial score (nSPS) is 11.7. The number of aryl methyl sites for hydroxylation is 1. The number of primary amides is 1. The van der Waals surface area contributed by atoms with Crippen LogP contribution in [0.2, 0.25) is 0 Å². The molecule has 3 N–H and O–H groups in total. The molecule has 0 radical (unpaired) electrons. The van der Waals surface area contributed by atoms with Gasteiger partial charge in [-0.25, -0.2) is 4.98 Å². The molecular formula is C19H18N4O4. The fraction of sp³-hybridized carbons (Fsp3) is 0.158. The molecule has 3 aromatic rings. The van der Waals surface area contributed by atoms with Crippen LogP contribution in [0.25, 0.3) is 5.69 Å². The zero-order valence-corrected chi connectivity index (χ0v) is 14.6. The molecule has 8 heteroatoms. The summed E-state index contributed by atoms with van der Waals surface area (Å²) in [6, 6.07) is 9.65. The van der Waals surface area contributed by atoms with Gasteiger partial charge in [0.2, 0.25) is 5.78 Å². The quantitative estimate of drug-likeness (QED) is 0.608. The van der Waals surface area contributed by atoms with Gasteiger partial charge in [-0.15, -0.1) is 0 Å². The number of amides is 2. The van der Waals surface area contributed by atoms with Crippen molar-refractivity contribution in [3.05, 3.63) is 72.2 Å². The lowest BCUT2D eigenvalue weighted by Crippen LogP contribution is -2.47. The highest BCUT2D eigenvalue weighted by Gasteiger charge is 2.27. The largest absolute Gasteiger partial charge is 0.470 e. The summed E-state index contributed by atoms with van der Waals surface area (Å²) in [4.78, 5) is 40.5. The molecule has 0 fully saturated rings. The Morgan fingerprint density at radius 1 is 1.22 bits per heavy atom. The second-order valence-corrected chi connectivity index (χ2v) is 5.95. The Morgan fingerprint density at radius 2 is 1.96 bits per heavy atom. The number of Topliss-reactive ketones (excluding diaryl/α,β-unsaturated/α-hetero) is 1. The van der Waals surface area contributed by atoms with E-state index in [1.807, 2.05) is 6.07 Å². The molecular weight excluding hydrogens is 348 g/mol. The number of nitrogens with one attached hydrogen (secondary N) is 1. The first-order chi connectivity index (χ1) is 13.0. The van der Waals surface area contributed by atoms with Gasteiger partial charge >= 0.3 is 0 Å². The molecule has 1 aromatic carbocycles. The van der Waals surface area contributed by atoms with E-state index in [0.717, 1.165) is 5.56 Å². The monoisotopic (exact) mass is 366 g/mol. The van der Waals surface area contributed by atoms with Crippen molar-refractivity contribution in [2.24, 2.45) is 5.73 Å². The van der Waals surface area contributed by atoms with Gasteiger partial charge in [0.25, 0.3) is 11.8 Å². The summed E-state index contributed by atoms with van der Waals surface area (Å²) in [5, 5.41) is 2.60. The molecule has 1 unspecified atom stereocenters. The predicted octanol–water partition coefficient (Wildman–Crippen LogP) is 1.17. The van der Waals surface area contributed by atoms with E-state index in [0.29, 0.717) is 11.5 Å². The lowest BCUT2D eigenvalue weighted by atomic mass is 10.0. The number of hydrogen-bond acceptors (Lipinski definition) is 5. The van der Waals surface area contributed by atoms with Crippen molar-refractivity contribution in [1.82, 2.24) is 14.9 Å². The zero-order chi connectivity index (χ0) is 19.4. The smallest absolute Gasteiger partial charge is 0.287 e. The first-order valence-electron chi connectivity index (χ1n) is 8.22. The van der Waals surface area contributed by atoms with Crippen LogP contribution in [0.1, 0.15) is 21.9 Å². The Bertz CT molecular complexity index is 961. The number of carbonyl (C=O) groups is 3. The molecule has 27 heavy (non-hydrogen) atoms. The topological polar surface area (TPSA) is 120 Å². The SMILES string of the molecule is Cc1ncc(C(=O)NC(Cc2ccccc2)C(=O)C(N)=O)n1-c1ccoc1. The number of rotatable bonds is 7. The number of imidazole rings is 1. The zero-order valence-electron chi connectivity index (χ0n) is 14.6. The number of ketones is 1. The molecule has 0 bridgehead atoms. The number of hydrogen-bond donors (Lipinski definition) is 2. The van der Waals surface area contributed by atoms with Crippen LogP contribution in [0.15, 0.2) is 59.5 Å². The first-order valence-corrected chi connectivity index (χ1v) is 8.22. The van der Waals surface area contributed by atoms with Gasteiger partial charge in [0.15, 0.2) is 0 Å². The van der Waals surface area contributed by atoms with Crippen LogP contribution in [0.5, 0.6) is 0 Å². The first kappa shape index (κ1) is 18.1. The Balaban J connectivity index is 1.87. The average Bonchev–Trinajstić information content (AvgIpc) is 3.30. The van der Waals surface area contributed by atoms with Crippen molar-refractivity contribution in [2.75, 3.05) is 0 Å². The van der Waals surface area contributed by atoms with Gasteiger partial charge in [-0.3, -0.25) is 19.0 Å². The van der Waals surface area contributed by atoms with Gasteiger partial charge in [-0.2, -0.15) is 0 Å². The molecule has 0 aliphatic carbocycles. The van der Waals surface area contributed by atoms with E-state index >= 15 is 0 Å². The molecule has 3 rings (SSSR count). The highest BCUT2D eigenvalue weighted by atomic mass is 16.3. The van der Waals surface area contributed by atoms with E-state index in [-0.39, 0.29) is 12.1 Å². The molecule has 8 nitrogen and oxygen atoms in total. The average molecular weight is 366 g/mol. The van der Waals surface area contributed by atoms with Gasteiger partial charge in [0.1, 0.15) is 23.8 Å². The van der Waals surface area contributed by atoms with Crippen LogP contribution < -0.4 is 11.1 Å². The minimum absolute atomic E-state index is 0.146. The van der Waals surface area contributed by atoms with Gasteiger partial charge in [0, 0.05) is 12.5 Å². The summed E-state index contributed by atoms with van der Waals surface area (Å²) in [7, 11) is 0. The third-order valence-electron chi connectivity index (χ3n) is 4.08. The maximum absolute atomic E-state index is 12.8. The summed E-state index contributed by atoms with van der Waals surface area (Å²) < 4.78 is 6.65. The molecule has 1 atom stereocenters. The second-order valence-electron chi connectivity index (χ2n) is 5.95. The summed E-state index contributed by atoms with van der Waals surface area (Å²) in [5.74, 6) is -1.94. The van der Waals surface area contributed by atoms with E-state index in [1.165, 1.54) is 18.7 Å². The number of benzene rings is 1. The van der Waals surface area contributed by atoms with Crippen molar-refractivity contribution >= 4 is 17.6 Å². The maximum atomic E-state index is 12.8. The molecule has 0 spiro atoms. The van der Waals surface area contributed by atoms with Crippen LogP contribution in [0, 0.1) is 6.92 Å². The molecule has 2 aromatic heterocycles. The van der Waals surface area contributed by atoms with Gasteiger partial charge < -0.3 is 15.5 Å². The van der Waals surface area contributed by atoms with E-state index in [2.05, 4.69) is 10.3 Å². The Hall–Kier alpha value is -3.68. The predicted molar refractivity (Wildman–Crippen MR) is 96.2 cm³/mol. The second kappa shape index (κ2) is 7.69. The van der Waals surface area contributed by atoms with Gasteiger partial charge in [-0.05, 0) is 12.5 Å². The molecule has 0 aliphatic rings. The maximum Gasteiger partial charge on any atom is 0.287 e. The van der Waals surface area contributed by atoms with Crippen LogP contribution in [-0.2, 0) is 16.0 Å².